The molecule has 2 bridgehead atoms. The third kappa shape index (κ3) is 5.63. The minimum absolute atomic E-state index is 0.213. The fourth-order valence-corrected chi connectivity index (χ4v) is 5.64. The van der Waals surface area contributed by atoms with E-state index in [0.717, 1.165) is 31.4 Å². The fraction of sp³-hybridized carbons (Fsp3) is 0.481. The van der Waals surface area contributed by atoms with Crippen LogP contribution in [0.3, 0.4) is 0 Å². The Labute approximate surface area is 196 Å². The lowest BCUT2D eigenvalue weighted by atomic mass is 9.84. The van der Waals surface area contributed by atoms with Crippen molar-refractivity contribution in [3.63, 3.8) is 0 Å². The number of nitrogens with two attached hydrogens (primary N) is 1. The summed E-state index contributed by atoms with van der Waals surface area (Å²) in [5, 5.41) is 9.87. The SMILES string of the molecule is C[C@H](O)C(=O)N(CCCN1[C@@H]2CC[C@H]1C[C@@H](c1cccc(C(N)=O)c1)C2)Cc1ccccc1. The number of benzene rings is 2. The van der Waals surface area contributed by atoms with Gasteiger partial charge in [0.25, 0.3) is 5.91 Å². The minimum Gasteiger partial charge on any atom is -0.384 e. The second-order valence-electron chi connectivity index (χ2n) is 9.56. The van der Waals surface area contributed by atoms with E-state index in [2.05, 4.69) is 11.0 Å². The van der Waals surface area contributed by atoms with Gasteiger partial charge in [-0.2, -0.15) is 0 Å². The molecular formula is C27H35N3O3. The number of hydrogen-bond acceptors (Lipinski definition) is 4. The summed E-state index contributed by atoms with van der Waals surface area (Å²) in [6, 6.07) is 18.8. The molecule has 176 valence electrons. The van der Waals surface area contributed by atoms with Crippen molar-refractivity contribution < 1.29 is 14.7 Å². The van der Waals surface area contributed by atoms with E-state index in [-0.39, 0.29) is 11.8 Å². The van der Waals surface area contributed by atoms with Gasteiger partial charge >= 0.3 is 0 Å². The zero-order valence-corrected chi connectivity index (χ0v) is 19.4. The molecule has 2 aliphatic rings. The van der Waals surface area contributed by atoms with Crippen LogP contribution in [0.5, 0.6) is 0 Å². The van der Waals surface area contributed by atoms with Gasteiger partial charge in [-0.1, -0.05) is 42.5 Å². The molecule has 0 radical (unpaired) electrons. The van der Waals surface area contributed by atoms with E-state index in [1.807, 2.05) is 42.5 Å². The molecule has 2 aromatic rings. The quantitative estimate of drug-likeness (QED) is 0.615. The predicted molar refractivity (Wildman–Crippen MR) is 129 cm³/mol. The summed E-state index contributed by atoms with van der Waals surface area (Å²) in [6.07, 6.45) is 4.50. The molecule has 0 saturated carbocycles. The van der Waals surface area contributed by atoms with Gasteiger partial charge in [-0.15, -0.1) is 0 Å². The molecule has 6 nitrogen and oxygen atoms in total. The highest BCUT2D eigenvalue weighted by Crippen LogP contribution is 2.43. The average Bonchev–Trinajstić information content (AvgIpc) is 3.05. The Bertz CT molecular complexity index is 948. The maximum absolute atomic E-state index is 12.6. The summed E-state index contributed by atoms with van der Waals surface area (Å²) < 4.78 is 0. The van der Waals surface area contributed by atoms with Crippen molar-refractivity contribution in [2.45, 2.75) is 69.7 Å². The number of carbonyl (C=O) groups excluding carboxylic acids is 2. The first kappa shape index (κ1) is 23.5. The van der Waals surface area contributed by atoms with Gasteiger partial charge in [0.05, 0.1) is 0 Å². The second-order valence-corrected chi connectivity index (χ2v) is 9.56. The molecule has 0 aromatic heterocycles. The monoisotopic (exact) mass is 449 g/mol. The van der Waals surface area contributed by atoms with Gasteiger partial charge < -0.3 is 15.7 Å². The highest BCUT2D eigenvalue weighted by atomic mass is 16.3. The molecule has 0 spiro atoms. The normalized spacial score (nSPS) is 23.3. The van der Waals surface area contributed by atoms with E-state index < -0.39 is 6.10 Å². The van der Waals surface area contributed by atoms with Crippen molar-refractivity contribution >= 4 is 11.8 Å². The van der Waals surface area contributed by atoms with Gasteiger partial charge in [0.2, 0.25) is 5.91 Å². The largest absolute Gasteiger partial charge is 0.384 e. The van der Waals surface area contributed by atoms with Crippen LogP contribution in [-0.2, 0) is 11.3 Å². The van der Waals surface area contributed by atoms with Gasteiger partial charge in [-0.05, 0) is 68.2 Å². The predicted octanol–water partition coefficient (Wildman–Crippen LogP) is 3.30. The molecule has 3 N–H and O–H groups in total. The van der Waals surface area contributed by atoms with E-state index in [1.165, 1.54) is 18.4 Å². The van der Waals surface area contributed by atoms with Crippen molar-refractivity contribution in [2.75, 3.05) is 13.1 Å². The second kappa shape index (κ2) is 10.5. The Hall–Kier alpha value is -2.70. The lowest BCUT2D eigenvalue weighted by Gasteiger charge is -2.39. The number of piperidine rings is 1. The number of rotatable bonds is 9. The van der Waals surface area contributed by atoms with Crippen molar-refractivity contribution in [3.8, 4) is 0 Å². The fourth-order valence-electron chi connectivity index (χ4n) is 5.64. The first-order chi connectivity index (χ1) is 15.9. The van der Waals surface area contributed by atoms with Crippen LogP contribution in [0.1, 0.15) is 66.4 Å². The molecular weight excluding hydrogens is 414 g/mol. The van der Waals surface area contributed by atoms with Crippen molar-refractivity contribution in [2.24, 2.45) is 5.73 Å². The first-order valence-corrected chi connectivity index (χ1v) is 12.1. The van der Waals surface area contributed by atoms with Crippen LogP contribution in [-0.4, -0.2) is 58.0 Å². The third-order valence-corrected chi connectivity index (χ3v) is 7.26. The Kier molecular flexibility index (Phi) is 7.46. The molecule has 0 aliphatic carbocycles. The van der Waals surface area contributed by atoms with E-state index in [4.69, 9.17) is 5.73 Å². The van der Waals surface area contributed by atoms with Crippen LogP contribution in [0, 0.1) is 0 Å². The number of aliphatic hydroxyl groups excluding tert-OH is 1. The first-order valence-electron chi connectivity index (χ1n) is 12.1. The van der Waals surface area contributed by atoms with Gasteiger partial charge in [-0.25, -0.2) is 0 Å². The van der Waals surface area contributed by atoms with Gasteiger partial charge in [0.1, 0.15) is 6.10 Å². The molecule has 2 aromatic carbocycles. The summed E-state index contributed by atoms with van der Waals surface area (Å²) in [6.45, 7) is 3.66. The zero-order valence-electron chi connectivity index (χ0n) is 19.4. The topological polar surface area (TPSA) is 86.9 Å². The standard InChI is InChI=1S/C27H35N3O3/c1-19(31)27(33)29(18-20-7-3-2-4-8-20)13-6-14-30-24-11-12-25(30)17-23(16-24)21-9-5-10-22(15-21)26(28)32/h2-5,7-10,15,19,23-25,31H,6,11-14,16-18H2,1H3,(H2,28,32)/t19-,23-,24+,25-/m0/s1. The maximum Gasteiger partial charge on any atom is 0.251 e. The number of hydrogen-bond donors (Lipinski definition) is 2. The third-order valence-electron chi connectivity index (χ3n) is 7.26. The molecule has 0 unspecified atom stereocenters. The Balaban J connectivity index is 1.34. The van der Waals surface area contributed by atoms with Gasteiger partial charge in [-0.3, -0.25) is 14.5 Å². The van der Waals surface area contributed by atoms with Crippen LogP contribution in [0.15, 0.2) is 54.6 Å². The molecule has 2 aliphatic heterocycles. The van der Waals surface area contributed by atoms with Crippen LogP contribution in [0.25, 0.3) is 0 Å². The van der Waals surface area contributed by atoms with E-state index in [1.54, 1.807) is 17.9 Å². The van der Waals surface area contributed by atoms with Crippen molar-refractivity contribution in [3.05, 3.63) is 71.3 Å². The molecule has 2 heterocycles. The van der Waals surface area contributed by atoms with Crippen molar-refractivity contribution in [1.82, 2.24) is 9.80 Å². The van der Waals surface area contributed by atoms with E-state index in [9.17, 15) is 14.7 Å². The lowest BCUT2D eigenvalue weighted by Crippen LogP contribution is -2.44. The number of fused-ring (bicyclic) bond motifs is 2. The smallest absolute Gasteiger partial charge is 0.251 e. The summed E-state index contributed by atoms with van der Waals surface area (Å²) in [7, 11) is 0. The summed E-state index contributed by atoms with van der Waals surface area (Å²) >= 11 is 0. The number of amides is 2. The van der Waals surface area contributed by atoms with Gasteiger partial charge in [0, 0.05) is 37.3 Å². The number of primary amides is 1. The molecule has 2 saturated heterocycles. The van der Waals surface area contributed by atoms with E-state index >= 15 is 0 Å². The van der Waals surface area contributed by atoms with Crippen LogP contribution >= 0.6 is 0 Å². The molecule has 2 fully saturated rings. The maximum atomic E-state index is 12.6. The summed E-state index contributed by atoms with van der Waals surface area (Å²) in [5.74, 6) is -0.122. The number of aliphatic hydroxyl groups is 1. The molecule has 4 atom stereocenters. The Morgan fingerprint density at radius 1 is 1.09 bits per heavy atom. The average molecular weight is 450 g/mol. The Morgan fingerprint density at radius 2 is 1.79 bits per heavy atom. The van der Waals surface area contributed by atoms with Crippen LogP contribution in [0.4, 0.5) is 0 Å². The van der Waals surface area contributed by atoms with Crippen LogP contribution in [0.2, 0.25) is 0 Å². The lowest BCUT2D eigenvalue weighted by molar-refractivity contribution is -0.140. The summed E-state index contributed by atoms with van der Waals surface area (Å²) in [5.41, 5.74) is 8.36. The molecule has 6 heteroatoms. The highest BCUT2D eigenvalue weighted by molar-refractivity contribution is 5.92. The van der Waals surface area contributed by atoms with Crippen LogP contribution < -0.4 is 5.73 Å². The number of nitrogens with zero attached hydrogens (tertiary/aromatic N) is 2. The molecule has 4 rings (SSSR count). The Morgan fingerprint density at radius 3 is 2.42 bits per heavy atom. The molecule has 33 heavy (non-hydrogen) atoms. The number of carbonyl (C=O) groups is 2. The molecule has 2 amide bonds. The van der Waals surface area contributed by atoms with Gasteiger partial charge in [0.15, 0.2) is 0 Å². The van der Waals surface area contributed by atoms with E-state index in [0.29, 0.717) is 36.7 Å². The highest BCUT2D eigenvalue weighted by Gasteiger charge is 2.40. The zero-order chi connectivity index (χ0) is 23.4. The minimum atomic E-state index is -0.989. The summed E-state index contributed by atoms with van der Waals surface area (Å²) in [4.78, 5) is 28.6. The van der Waals surface area contributed by atoms with Crippen molar-refractivity contribution in [1.29, 1.82) is 0 Å².